The molecular formula is C21H23FN2O2S. The molecule has 142 valence electrons. The van der Waals surface area contributed by atoms with Crippen LogP contribution in [0.1, 0.15) is 11.7 Å². The lowest BCUT2D eigenvalue weighted by Gasteiger charge is -2.32. The summed E-state index contributed by atoms with van der Waals surface area (Å²) in [4.78, 5) is 15.6. The molecule has 4 nitrogen and oxygen atoms in total. The van der Waals surface area contributed by atoms with Crippen molar-refractivity contribution in [1.82, 2.24) is 4.90 Å². The fourth-order valence-electron chi connectivity index (χ4n) is 2.96. The van der Waals surface area contributed by atoms with Crippen molar-refractivity contribution < 1.29 is 13.9 Å². The molecule has 1 aliphatic rings. The Balaban J connectivity index is 1.58. The van der Waals surface area contributed by atoms with Crippen LogP contribution < -0.4 is 5.32 Å². The number of hydrogen-bond donors (Lipinski definition) is 1. The van der Waals surface area contributed by atoms with Gasteiger partial charge in [-0.3, -0.25) is 9.69 Å². The fourth-order valence-corrected chi connectivity index (χ4v) is 3.71. The van der Waals surface area contributed by atoms with Crippen molar-refractivity contribution in [2.24, 2.45) is 0 Å². The number of para-hydroxylation sites is 1. The maximum Gasteiger partial charge on any atom is 0.238 e. The molecule has 1 unspecified atom stereocenters. The lowest BCUT2D eigenvalue weighted by molar-refractivity contribution is -0.119. The Morgan fingerprint density at radius 1 is 1.30 bits per heavy atom. The van der Waals surface area contributed by atoms with Crippen molar-refractivity contribution in [3.63, 3.8) is 0 Å². The first-order valence-corrected chi connectivity index (χ1v) is 9.86. The summed E-state index contributed by atoms with van der Waals surface area (Å²) in [7, 11) is 0. The summed E-state index contributed by atoms with van der Waals surface area (Å²) in [5, 5.41) is 3.00. The number of nitrogens with one attached hydrogen (secondary N) is 1. The molecule has 0 aliphatic carbocycles. The van der Waals surface area contributed by atoms with Gasteiger partial charge in [0.15, 0.2) is 0 Å². The van der Waals surface area contributed by atoms with Crippen LogP contribution in [0, 0.1) is 5.82 Å². The second-order valence-corrected chi connectivity index (χ2v) is 7.35. The van der Waals surface area contributed by atoms with Gasteiger partial charge in [-0.25, -0.2) is 4.39 Å². The zero-order chi connectivity index (χ0) is 19.1. The van der Waals surface area contributed by atoms with Gasteiger partial charge >= 0.3 is 0 Å². The predicted octanol–water partition coefficient (Wildman–Crippen LogP) is 4.12. The largest absolute Gasteiger partial charge is 0.371 e. The Hall–Kier alpha value is -2.15. The Morgan fingerprint density at radius 2 is 2.07 bits per heavy atom. The highest BCUT2D eigenvalue weighted by Gasteiger charge is 2.23. The number of carbonyl (C=O) groups is 1. The highest BCUT2D eigenvalue weighted by atomic mass is 32.2. The quantitative estimate of drug-likeness (QED) is 0.574. The molecule has 2 aromatic rings. The fraction of sp³-hybridized carbons (Fsp3) is 0.286. The molecule has 1 aliphatic heterocycles. The number of nitrogens with zero attached hydrogens (tertiary/aromatic N) is 1. The minimum atomic E-state index is -0.265. The van der Waals surface area contributed by atoms with E-state index in [2.05, 4.69) is 16.8 Å². The molecule has 0 saturated carbocycles. The van der Waals surface area contributed by atoms with Gasteiger partial charge in [0.05, 0.1) is 24.9 Å². The molecule has 0 bridgehead atoms. The van der Waals surface area contributed by atoms with E-state index < -0.39 is 0 Å². The van der Waals surface area contributed by atoms with Gasteiger partial charge in [0.25, 0.3) is 0 Å². The second kappa shape index (κ2) is 9.69. The molecule has 1 N–H and O–H groups in total. The van der Waals surface area contributed by atoms with E-state index >= 15 is 0 Å². The van der Waals surface area contributed by atoms with E-state index in [0.717, 1.165) is 21.9 Å². The minimum Gasteiger partial charge on any atom is -0.371 e. The summed E-state index contributed by atoms with van der Waals surface area (Å²) >= 11 is 1.64. The Bertz CT molecular complexity index is 782. The van der Waals surface area contributed by atoms with Crippen LogP contribution in [0.4, 0.5) is 10.1 Å². The molecule has 0 radical (unpaired) electrons. The molecular weight excluding hydrogens is 363 g/mol. The summed E-state index contributed by atoms with van der Waals surface area (Å²) in [6.45, 7) is 5.86. The topological polar surface area (TPSA) is 41.6 Å². The third kappa shape index (κ3) is 5.66. The first-order valence-electron chi connectivity index (χ1n) is 8.87. The molecule has 1 saturated heterocycles. The van der Waals surface area contributed by atoms with Crippen LogP contribution in [0.15, 0.2) is 66.1 Å². The number of amides is 1. The summed E-state index contributed by atoms with van der Waals surface area (Å²) in [6.07, 6.45) is 1.69. The van der Waals surface area contributed by atoms with E-state index in [1.165, 1.54) is 12.1 Å². The van der Waals surface area contributed by atoms with Gasteiger partial charge in [0, 0.05) is 23.7 Å². The van der Waals surface area contributed by atoms with Gasteiger partial charge in [0.2, 0.25) is 5.91 Å². The number of halogens is 1. The monoisotopic (exact) mass is 386 g/mol. The normalized spacial score (nSPS) is 17.4. The number of carbonyl (C=O) groups excluding carboxylic acids is 1. The molecule has 0 spiro atoms. The van der Waals surface area contributed by atoms with Crippen LogP contribution in [-0.2, 0) is 9.53 Å². The number of hydrogen-bond acceptors (Lipinski definition) is 4. The number of benzene rings is 2. The van der Waals surface area contributed by atoms with Gasteiger partial charge in [-0.15, -0.1) is 18.3 Å². The Morgan fingerprint density at radius 3 is 2.85 bits per heavy atom. The maximum atomic E-state index is 13.1. The van der Waals surface area contributed by atoms with Crippen LogP contribution in [0.2, 0.25) is 0 Å². The molecule has 0 aromatic heterocycles. The number of thioether (sulfide) groups is 1. The van der Waals surface area contributed by atoms with E-state index in [1.807, 2.05) is 30.3 Å². The SMILES string of the molecule is C=CCSc1ccccc1NC(=O)CN1CCOC(c2ccc(F)cc2)C1. The van der Waals surface area contributed by atoms with Gasteiger partial charge in [-0.1, -0.05) is 30.3 Å². The van der Waals surface area contributed by atoms with Crippen LogP contribution in [0.25, 0.3) is 0 Å². The third-order valence-corrected chi connectivity index (χ3v) is 5.35. The highest BCUT2D eigenvalue weighted by Crippen LogP contribution is 2.27. The van der Waals surface area contributed by atoms with Crippen LogP contribution >= 0.6 is 11.8 Å². The van der Waals surface area contributed by atoms with Crippen molar-refractivity contribution in [3.05, 3.63) is 72.6 Å². The van der Waals surface area contributed by atoms with Gasteiger partial charge < -0.3 is 10.1 Å². The van der Waals surface area contributed by atoms with E-state index in [1.54, 1.807) is 23.9 Å². The molecule has 1 fully saturated rings. The molecule has 6 heteroatoms. The zero-order valence-electron chi connectivity index (χ0n) is 15.1. The predicted molar refractivity (Wildman–Crippen MR) is 108 cm³/mol. The molecule has 27 heavy (non-hydrogen) atoms. The first-order chi connectivity index (χ1) is 13.2. The average molecular weight is 386 g/mol. The van der Waals surface area contributed by atoms with Gasteiger partial charge in [-0.2, -0.15) is 0 Å². The van der Waals surface area contributed by atoms with E-state index in [-0.39, 0.29) is 17.8 Å². The number of anilines is 1. The summed E-state index contributed by atoms with van der Waals surface area (Å²) < 4.78 is 18.9. The molecule has 3 rings (SSSR count). The molecule has 2 aromatic carbocycles. The first kappa shape index (κ1) is 19.6. The van der Waals surface area contributed by atoms with Crippen LogP contribution in [0.5, 0.6) is 0 Å². The number of morpholine rings is 1. The van der Waals surface area contributed by atoms with Crippen LogP contribution in [-0.4, -0.2) is 42.8 Å². The molecule has 1 atom stereocenters. The maximum absolute atomic E-state index is 13.1. The van der Waals surface area contributed by atoms with Crippen molar-refractivity contribution in [3.8, 4) is 0 Å². The Kier molecular flexibility index (Phi) is 7.04. The zero-order valence-corrected chi connectivity index (χ0v) is 15.9. The van der Waals surface area contributed by atoms with Crippen LogP contribution in [0.3, 0.4) is 0 Å². The average Bonchev–Trinajstić information content (AvgIpc) is 2.68. The summed E-state index contributed by atoms with van der Waals surface area (Å²) in [6, 6.07) is 14.1. The van der Waals surface area contributed by atoms with E-state index in [4.69, 9.17) is 4.74 Å². The standard InChI is InChI=1S/C21H23FN2O2S/c1-2-13-27-20-6-4-3-5-18(20)23-21(25)15-24-11-12-26-19(14-24)16-7-9-17(22)10-8-16/h2-10,19H,1,11-15H2,(H,23,25). The summed E-state index contributed by atoms with van der Waals surface area (Å²) in [5.41, 5.74) is 1.74. The minimum absolute atomic E-state index is 0.0543. The Labute approximate surface area is 163 Å². The van der Waals surface area contributed by atoms with Crippen molar-refractivity contribution in [1.29, 1.82) is 0 Å². The van der Waals surface area contributed by atoms with Gasteiger partial charge in [0.1, 0.15) is 5.82 Å². The lowest BCUT2D eigenvalue weighted by Crippen LogP contribution is -2.42. The second-order valence-electron chi connectivity index (χ2n) is 6.29. The van der Waals surface area contributed by atoms with Gasteiger partial charge in [-0.05, 0) is 29.8 Å². The van der Waals surface area contributed by atoms with E-state index in [0.29, 0.717) is 26.2 Å². The smallest absolute Gasteiger partial charge is 0.238 e. The molecule has 1 amide bonds. The molecule has 1 heterocycles. The number of ether oxygens (including phenoxy) is 1. The van der Waals surface area contributed by atoms with Crippen molar-refractivity contribution >= 4 is 23.4 Å². The van der Waals surface area contributed by atoms with E-state index in [9.17, 15) is 9.18 Å². The summed E-state index contributed by atoms with van der Waals surface area (Å²) in [5.74, 6) is 0.468. The van der Waals surface area contributed by atoms with Crippen molar-refractivity contribution in [2.45, 2.75) is 11.0 Å². The lowest BCUT2D eigenvalue weighted by atomic mass is 10.1. The highest BCUT2D eigenvalue weighted by molar-refractivity contribution is 7.99. The third-order valence-electron chi connectivity index (χ3n) is 4.28. The van der Waals surface area contributed by atoms with Crippen molar-refractivity contribution in [2.75, 3.05) is 37.3 Å². The number of rotatable bonds is 7.